The molecule has 2 aliphatic rings. The second kappa shape index (κ2) is 8.55. The molecule has 2 aromatic rings. The Morgan fingerprint density at radius 2 is 1.94 bits per heavy atom. The summed E-state index contributed by atoms with van der Waals surface area (Å²) in [5.41, 5.74) is 2.43. The molecule has 4 rings (SSSR count). The van der Waals surface area contributed by atoms with Crippen molar-refractivity contribution in [3.63, 3.8) is 0 Å². The molecule has 0 bridgehead atoms. The molecule has 0 unspecified atom stereocenters. The maximum Gasteiger partial charge on any atom is 0.255 e. The fraction of sp³-hybridized carbons (Fsp3) is 0.500. The van der Waals surface area contributed by atoms with Gasteiger partial charge in [0.25, 0.3) is 11.5 Å². The van der Waals surface area contributed by atoms with Crippen LogP contribution < -0.4 is 5.56 Å². The van der Waals surface area contributed by atoms with Crippen molar-refractivity contribution in [2.45, 2.75) is 52.1 Å². The third-order valence-corrected chi connectivity index (χ3v) is 8.02. The number of nitrogens with one attached hydrogen (secondary N) is 1. The molecule has 1 aromatic carbocycles. The summed E-state index contributed by atoms with van der Waals surface area (Å²) in [6.07, 6.45) is 2.98. The van der Waals surface area contributed by atoms with Crippen LogP contribution in [0.2, 0.25) is 0 Å². The van der Waals surface area contributed by atoms with Crippen molar-refractivity contribution in [3.05, 3.63) is 62.8 Å². The lowest BCUT2D eigenvalue weighted by Crippen LogP contribution is -2.43. The summed E-state index contributed by atoms with van der Waals surface area (Å²) < 4.78 is 25.8. The zero-order chi connectivity index (χ0) is 22.2. The summed E-state index contributed by atoms with van der Waals surface area (Å²) >= 11 is 0. The molecular weight excluding hydrogens is 416 g/mol. The van der Waals surface area contributed by atoms with Gasteiger partial charge in [-0.1, -0.05) is 17.7 Å². The van der Waals surface area contributed by atoms with E-state index in [4.69, 9.17) is 4.98 Å². The maximum atomic E-state index is 13.2. The Kier molecular flexibility index (Phi) is 5.98. The number of rotatable bonds is 4. The van der Waals surface area contributed by atoms with E-state index in [9.17, 15) is 18.0 Å². The minimum absolute atomic E-state index is 0.00388. The van der Waals surface area contributed by atoms with Gasteiger partial charge in [-0.15, -0.1) is 0 Å². The molecule has 9 heteroatoms. The number of sulfonamides is 1. The van der Waals surface area contributed by atoms with Crippen LogP contribution in [-0.4, -0.2) is 52.3 Å². The molecule has 1 saturated heterocycles. The van der Waals surface area contributed by atoms with E-state index in [1.165, 1.54) is 4.31 Å². The van der Waals surface area contributed by atoms with Crippen LogP contribution in [0.1, 0.15) is 65.2 Å². The van der Waals surface area contributed by atoms with Crippen LogP contribution in [0.3, 0.4) is 0 Å². The third kappa shape index (κ3) is 4.29. The normalized spacial score (nSPS) is 19.8. The molecule has 0 aliphatic carbocycles. The van der Waals surface area contributed by atoms with Gasteiger partial charge in [-0.05, 0) is 45.2 Å². The number of aryl methyl sites for hydroxylation is 1. The molecule has 3 heterocycles. The first-order chi connectivity index (χ1) is 14.8. The van der Waals surface area contributed by atoms with E-state index in [-0.39, 0.29) is 29.8 Å². The van der Waals surface area contributed by atoms with Gasteiger partial charge in [0.1, 0.15) is 5.82 Å². The minimum atomic E-state index is -3.37. The average Bonchev–Trinajstić information content (AvgIpc) is 2.78. The first-order valence-electron chi connectivity index (χ1n) is 10.8. The minimum Gasteiger partial charge on any atom is -0.328 e. The Morgan fingerprint density at radius 3 is 2.65 bits per heavy atom. The van der Waals surface area contributed by atoms with Crippen LogP contribution in [-0.2, 0) is 23.0 Å². The van der Waals surface area contributed by atoms with Crippen LogP contribution in [0.4, 0.5) is 0 Å². The van der Waals surface area contributed by atoms with Crippen molar-refractivity contribution in [1.82, 2.24) is 19.2 Å². The van der Waals surface area contributed by atoms with Crippen LogP contribution in [0.5, 0.6) is 0 Å². The van der Waals surface area contributed by atoms with Gasteiger partial charge in [0.2, 0.25) is 10.0 Å². The van der Waals surface area contributed by atoms with Crippen molar-refractivity contribution in [2.75, 3.05) is 18.8 Å². The predicted octanol–water partition coefficient (Wildman–Crippen LogP) is 2.15. The molecule has 2 aliphatic heterocycles. The van der Waals surface area contributed by atoms with Gasteiger partial charge in [0.15, 0.2) is 0 Å². The standard InChI is InChI=1S/C22H28N4O4S/c1-3-31(29,30)25-13-11-18-17(14-25)21(27)24-20(23-18)19-6-4-5-12-26(19)22(28)16-9-7-15(2)8-10-16/h7-10,19H,3-6,11-14H2,1-2H3,(H,23,24,27)/t19-/m1/s1. The highest BCUT2D eigenvalue weighted by molar-refractivity contribution is 7.89. The number of H-pyrrole nitrogens is 1. The van der Waals surface area contributed by atoms with Gasteiger partial charge in [-0.2, -0.15) is 4.31 Å². The SMILES string of the molecule is CCS(=O)(=O)N1CCc2nc([C@H]3CCCCN3C(=O)c3ccc(C)cc3)[nH]c(=O)c2C1. The van der Waals surface area contributed by atoms with Gasteiger partial charge >= 0.3 is 0 Å². The summed E-state index contributed by atoms with van der Waals surface area (Å²) in [6.45, 7) is 4.55. The fourth-order valence-electron chi connectivity index (χ4n) is 4.32. The van der Waals surface area contributed by atoms with Crippen molar-refractivity contribution < 1.29 is 13.2 Å². The van der Waals surface area contributed by atoms with Crippen LogP contribution in [0, 0.1) is 6.92 Å². The lowest BCUT2D eigenvalue weighted by atomic mass is 9.99. The highest BCUT2D eigenvalue weighted by Gasteiger charge is 2.33. The molecule has 1 fully saturated rings. The van der Waals surface area contributed by atoms with E-state index in [2.05, 4.69) is 4.98 Å². The van der Waals surface area contributed by atoms with Crippen molar-refractivity contribution in [2.24, 2.45) is 0 Å². The Balaban J connectivity index is 1.64. The largest absolute Gasteiger partial charge is 0.328 e. The van der Waals surface area contributed by atoms with Crippen molar-refractivity contribution in [3.8, 4) is 0 Å². The van der Waals surface area contributed by atoms with Gasteiger partial charge in [-0.25, -0.2) is 13.4 Å². The fourth-order valence-corrected chi connectivity index (χ4v) is 5.38. The zero-order valence-corrected chi connectivity index (χ0v) is 18.7. The quantitative estimate of drug-likeness (QED) is 0.778. The summed E-state index contributed by atoms with van der Waals surface area (Å²) in [4.78, 5) is 35.4. The van der Waals surface area contributed by atoms with E-state index in [0.717, 1.165) is 24.8 Å². The monoisotopic (exact) mass is 444 g/mol. The molecule has 1 atom stereocenters. The first-order valence-corrected chi connectivity index (χ1v) is 12.4. The molecule has 1 amide bonds. The Bertz CT molecular complexity index is 1140. The van der Waals surface area contributed by atoms with E-state index in [1.54, 1.807) is 11.8 Å². The summed E-state index contributed by atoms with van der Waals surface area (Å²) in [7, 11) is -3.37. The zero-order valence-electron chi connectivity index (χ0n) is 17.9. The summed E-state index contributed by atoms with van der Waals surface area (Å²) in [5.74, 6) is 0.435. The molecule has 0 spiro atoms. The van der Waals surface area contributed by atoms with Gasteiger partial charge in [0, 0.05) is 31.6 Å². The van der Waals surface area contributed by atoms with Crippen LogP contribution >= 0.6 is 0 Å². The van der Waals surface area contributed by atoms with Crippen LogP contribution in [0.25, 0.3) is 0 Å². The second-order valence-corrected chi connectivity index (χ2v) is 10.5. The van der Waals surface area contributed by atoms with E-state index in [0.29, 0.717) is 42.2 Å². The smallest absolute Gasteiger partial charge is 0.255 e. The molecular formula is C22H28N4O4S. The summed E-state index contributed by atoms with van der Waals surface area (Å²) in [5, 5.41) is 0. The first kappa shape index (κ1) is 21.7. The van der Waals surface area contributed by atoms with Gasteiger partial charge in [0.05, 0.1) is 23.1 Å². The maximum absolute atomic E-state index is 13.2. The number of carbonyl (C=O) groups excluding carboxylic acids is 1. The van der Waals surface area contributed by atoms with Crippen LogP contribution in [0.15, 0.2) is 29.1 Å². The number of piperidine rings is 1. The van der Waals surface area contributed by atoms with E-state index < -0.39 is 10.0 Å². The molecule has 8 nitrogen and oxygen atoms in total. The Labute approximate surface area is 182 Å². The van der Waals surface area contributed by atoms with Gasteiger partial charge < -0.3 is 9.88 Å². The van der Waals surface area contributed by atoms with Crippen molar-refractivity contribution in [1.29, 1.82) is 0 Å². The lowest BCUT2D eigenvalue weighted by molar-refractivity contribution is 0.0599. The average molecular weight is 445 g/mol. The third-order valence-electron chi connectivity index (χ3n) is 6.19. The number of aromatic amines is 1. The number of aromatic nitrogens is 2. The molecule has 31 heavy (non-hydrogen) atoms. The molecule has 1 N–H and O–H groups in total. The molecule has 0 radical (unpaired) electrons. The Morgan fingerprint density at radius 1 is 1.19 bits per heavy atom. The predicted molar refractivity (Wildman–Crippen MR) is 117 cm³/mol. The number of benzene rings is 1. The second-order valence-electron chi connectivity index (χ2n) is 8.24. The number of amides is 1. The topological polar surface area (TPSA) is 103 Å². The highest BCUT2D eigenvalue weighted by atomic mass is 32.2. The number of likely N-dealkylation sites (tertiary alicyclic amines) is 1. The Hall–Kier alpha value is -2.52. The van der Waals surface area contributed by atoms with Crippen molar-refractivity contribution >= 4 is 15.9 Å². The number of nitrogens with zero attached hydrogens (tertiary/aromatic N) is 3. The number of carbonyl (C=O) groups is 1. The lowest BCUT2D eigenvalue weighted by Gasteiger charge is -2.35. The van der Waals surface area contributed by atoms with E-state index in [1.807, 2.05) is 31.2 Å². The van der Waals surface area contributed by atoms with Gasteiger partial charge in [-0.3, -0.25) is 9.59 Å². The molecule has 1 aromatic heterocycles. The highest BCUT2D eigenvalue weighted by Crippen LogP contribution is 2.31. The molecule has 166 valence electrons. The van der Waals surface area contributed by atoms with E-state index >= 15 is 0 Å². The summed E-state index contributed by atoms with van der Waals surface area (Å²) in [6, 6.07) is 7.20. The number of fused-ring (bicyclic) bond motifs is 1. The number of hydrogen-bond donors (Lipinski definition) is 1. The number of hydrogen-bond acceptors (Lipinski definition) is 5. The molecule has 0 saturated carbocycles.